The van der Waals surface area contributed by atoms with Gasteiger partial charge in [0.1, 0.15) is 0 Å². The molecule has 0 aliphatic heterocycles. The Bertz CT molecular complexity index is 763. The second-order valence-corrected chi connectivity index (χ2v) is 6.32. The monoisotopic (exact) mass is 325 g/mol. The fourth-order valence-corrected chi connectivity index (χ4v) is 2.61. The number of rotatable bonds is 7. The molecule has 6 heteroatoms. The number of hydrogen-bond acceptors (Lipinski definition) is 5. The number of aryl methyl sites for hydroxylation is 1. The van der Waals surface area contributed by atoms with Crippen molar-refractivity contribution in [1.29, 1.82) is 0 Å². The van der Waals surface area contributed by atoms with E-state index >= 15 is 0 Å². The van der Waals surface area contributed by atoms with Crippen LogP contribution in [0, 0.1) is 12.8 Å². The van der Waals surface area contributed by atoms with Gasteiger partial charge in [0.05, 0.1) is 12.9 Å². The fourth-order valence-electron chi connectivity index (χ4n) is 2.61. The SMILES string of the molecule is Cc1ccccc1-c1noc(CN[C@H](Cn2ccnc2)C(C)C)n1. The lowest BCUT2D eigenvalue weighted by atomic mass is 10.0. The minimum Gasteiger partial charge on any atom is -0.338 e. The van der Waals surface area contributed by atoms with Crippen molar-refractivity contribution in [3.8, 4) is 11.4 Å². The van der Waals surface area contributed by atoms with Crippen LogP contribution in [0.2, 0.25) is 0 Å². The Morgan fingerprint density at radius 3 is 2.79 bits per heavy atom. The first kappa shape index (κ1) is 16.4. The van der Waals surface area contributed by atoms with Crippen LogP contribution >= 0.6 is 0 Å². The summed E-state index contributed by atoms with van der Waals surface area (Å²) in [7, 11) is 0. The van der Waals surface area contributed by atoms with Gasteiger partial charge in [-0.3, -0.25) is 0 Å². The molecule has 0 aliphatic carbocycles. The fraction of sp³-hybridized carbons (Fsp3) is 0.389. The van der Waals surface area contributed by atoms with E-state index in [4.69, 9.17) is 4.52 Å². The molecule has 24 heavy (non-hydrogen) atoms. The molecule has 126 valence electrons. The Balaban J connectivity index is 1.64. The maximum Gasteiger partial charge on any atom is 0.240 e. The van der Waals surface area contributed by atoms with Crippen LogP contribution < -0.4 is 5.32 Å². The zero-order valence-electron chi connectivity index (χ0n) is 14.3. The Hall–Kier alpha value is -2.47. The minimum atomic E-state index is 0.299. The Morgan fingerprint density at radius 2 is 2.08 bits per heavy atom. The maximum atomic E-state index is 5.40. The average Bonchev–Trinajstić information content (AvgIpc) is 3.23. The third kappa shape index (κ3) is 3.89. The number of nitrogens with zero attached hydrogens (tertiary/aromatic N) is 4. The summed E-state index contributed by atoms with van der Waals surface area (Å²) in [4.78, 5) is 8.60. The molecule has 0 aliphatic rings. The van der Waals surface area contributed by atoms with Gasteiger partial charge in [-0.15, -0.1) is 0 Å². The summed E-state index contributed by atoms with van der Waals surface area (Å²) in [5.74, 6) is 1.72. The van der Waals surface area contributed by atoms with Gasteiger partial charge in [-0.2, -0.15) is 4.98 Å². The quantitative estimate of drug-likeness (QED) is 0.723. The van der Waals surface area contributed by atoms with E-state index in [9.17, 15) is 0 Å². The van der Waals surface area contributed by atoms with E-state index in [-0.39, 0.29) is 0 Å². The average molecular weight is 325 g/mol. The second-order valence-electron chi connectivity index (χ2n) is 6.32. The van der Waals surface area contributed by atoms with E-state index in [1.165, 1.54) is 0 Å². The van der Waals surface area contributed by atoms with Crippen LogP contribution in [-0.4, -0.2) is 25.7 Å². The summed E-state index contributed by atoms with van der Waals surface area (Å²) in [6.07, 6.45) is 5.60. The van der Waals surface area contributed by atoms with Gasteiger partial charge in [0, 0.05) is 30.5 Å². The highest BCUT2D eigenvalue weighted by atomic mass is 16.5. The third-order valence-corrected chi connectivity index (χ3v) is 4.14. The van der Waals surface area contributed by atoms with Crippen LogP contribution in [0.25, 0.3) is 11.4 Å². The topological polar surface area (TPSA) is 68.8 Å². The molecule has 0 fully saturated rings. The van der Waals surface area contributed by atoms with Gasteiger partial charge in [0.2, 0.25) is 11.7 Å². The molecule has 0 radical (unpaired) electrons. The van der Waals surface area contributed by atoms with Gasteiger partial charge in [0.25, 0.3) is 0 Å². The van der Waals surface area contributed by atoms with E-state index in [0.717, 1.165) is 17.7 Å². The van der Waals surface area contributed by atoms with Gasteiger partial charge in [-0.25, -0.2) is 4.98 Å². The van der Waals surface area contributed by atoms with Crippen molar-refractivity contribution >= 4 is 0 Å². The number of benzene rings is 1. The summed E-state index contributed by atoms with van der Waals surface area (Å²) in [6.45, 7) is 7.85. The maximum absolute atomic E-state index is 5.40. The van der Waals surface area contributed by atoms with Crippen LogP contribution in [0.5, 0.6) is 0 Å². The predicted octanol–water partition coefficient (Wildman–Crippen LogP) is 3.06. The molecule has 3 aromatic rings. The molecule has 0 saturated carbocycles. The van der Waals surface area contributed by atoms with Crippen molar-refractivity contribution in [1.82, 2.24) is 25.0 Å². The van der Waals surface area contributed by atoms with E-state index in [2.05, 4.69) is 38.9 Å². The molecule has 0 amide bonds. The van der Waals surface area contributed by atoms with Crippen LogP contribution in [0.1, 0.15) is 25.3 Å². The minimum absolute atomic E-state index is 0.299. The Morgan fingerprint density at radius 1 is 1.25 bits per heavy atom. The van der Waals surface area contributed by atoms with Gasteiger partial charge in [-0.05, 0) is 18.4 Å². The van der Waals surface area contributed by atoms with Crippen molar-refractivity contribution in [3.05, 3.63) is 54.4 Å². The summed E-state index contributed by atoms with van der Waals surface area (Å²) in [6, 6.07) is 8.34. The van der Waals surface area contributed by atoms with Gasteiger partial charge >= 0.3 is 0 Å². The number of hydrogen-bond donors (Lipinski definition) is 1. The highest BCUT2D eigenvalue weighted by molar-refractivity contribution is 5.58. The molecular weight excluding hydrogens is 302 g/mol. The van der Waals surface area contributed by atoms with E-state index in [1.807, 2.05) is 43.7 Å². The largest absolute Gasteiger partial charge is 0.338 e. The molecule has 2 aromatic heterocycles. The van der Waals surface area contributed by atoms with Gasteiger partial charge < -0.3 is 14.4 Å². The first-order valence-electron chi connectivity index (χ1n) is 8.21. The lowest BCUT2D eigenvalue weighted by molar-refractivity contribution is 0.315. The third-order valence-electron chi connectivity index (χ3n) is 4.14. The molecule has 2 heterocycles. The molecule has 1 aromatic carbocycles. The van der Waals surface area contributed by atoms with Crippen LogP contribution in [0.4, 0.5) is 0 Å². The summed E-state index contributed by atoms with van der Waals surface area (Å²) < 4.78 is 7.47. The number of nitrogens with one attached hydrogen (secondary N) is 1. The van der Waals surface area contributed by atoms with Crippen molar-refractivity contribution < 1.29 is 4.52 Å². The second kappa shape index (κ2) is 7.40. The normalized spacial score (nSPS) is 12.7. The number of imidazole rings is 1. The molecule has 0 bridgehead atoms. The molecule has 0 spiro atoms. The smallest absolute Gasteiger partial charge is 0.240 e. The Labute approximate surface area is 141 Å². The zero-order chi connectivity index (χ0) is 16.9. The number of aromatic nitrogens is 4. The lowest BCUT2D eigenvalue weighted by Gasteiger charge is -2.22. The first-order valence-corrected chi connectivity index (χ1v) is 8.21. The molecule has 1 N–H and O–H groups in total. The molecule has 1 atom stereocenters. The molecule has 3 rings (SSSR count). The van der Waals surface area contributed by atoms with Crippen molar-refractivity contribution in [2.45, 2.75) is 39.9 Å². The molecule has 0 unspecified atom stereocenters. The molecule has 6 nitrogen and oxygen atoms in total. The Kier molecular flexibility index (Phi) is 5.05. The van der Waals surface area contributed by atoms with Crippen LogP contribution in [0.15, 0.2) is 47.5 Å². The van der Waals surface area contributed by atoms with Gasteiger partial charge in [0.15, 0.2) is 0 Å². The van der Waals surface area contributed by atoms with E-state index < -0.39 is 0 Å². The predicted molar refractivity (Wildman–Crippen MR) is 92.2 cm³/mol. The summed E-state index contributed by atoms with van der Waals surface area (Å²) >= 11 is 0. The van der Waals surface area contributed by atoms with E-state index in [1.54, 1.807) is 6.20 Å². The lowest BCUT2D eigenvalue weighted by Crippen LogP contribution is -2.37. The van der Waals surface area contributed by atoms with Crippen LogP contribution in [0.3, 0.4) is 0 Å². The van der Waals surface area contributed by atoms with Crippen molar-refractivity contribution in [3.63, 3.8) is 0 Å². The van der Waals surface area contributed by atoms with Gasteiger partial charge in [-0.1, -0.05) is 43.3 Å². The van der Waals surface area contributed by atoms with Crippen molar-refractivity contribution in [2.75, 3.05) is 0 Å². The summed E-state index contributed by atoms with van der Waals surface area (Å²) in [5.41, 5.74) is 2.14. The molecular formula is C18H23N5O. The van der Waals surface area contributed by atoms with E-state index in [0.29, 0.717) is 30.2 Å². The zero-order valence-corrected chi connectivity index (χ0v) is 14.3. The molecule has 0 saturated heterocycles. The highest BCUT2D eigenvalue weighted by Gasteiger charge is 2.16. The van der Waals surface area contributed by atoms with Crippen molar-refractivity contribution in [2.24, 2.45) is 5.92 Å². The highest BCUT2D eigenvalue weighted by Crippen LogP contribution is 2.19. The first-order chi connectivity index (χ1) is 11.6. The summed E-state index contributed by atoms with van der Waals surface area (Å²) in [5, 5.41) is 7.61. The standard InChI is InChI=1S/C18H23N5O/c1-13(2)16(11-23-9-8-19-12-23)20-10-17-21-18(22-24-17)15-7-5-4-6-14(15)3/h4-9,12-13,16,20H,10-11H2,1-3H3/t16-/m1/s1. The van der Waals surface area contributed by atoms with Crippen LogP contribution in [-0.2, 0) is 13.1 Å².